The fourth-order valence-corrected chi connectivity index (χ4v) is 4.15. The van der Waals surface area contributed by atoms with Crippen LogP contribution in [0.5, 0.6) is 0 Å². The molecule has 1 atom stereocenters. The van der Waals surface area contributed by atoms with Crippen molar-refractivity contribution in [2.75, 3.05) is 20.1 Å². The van der Waals surface area contributed by atoms with Crippen molar-refractivity contribution in [1.82, 2.24) is 9.62 Å². The summed E-state index contributed by atoms with van der Waals surface area (Å²) in [4.78, 5) is -0.820. The number of sulfonamides is 1. The Morgan fingerprint density at radius 3 is 2.65 bits per heavy atom. The van der Waals surface area contributed by atoms with Gasteiger partial charge < -0.3 is 5.32 Å². The molecule has 1 heterocycles. The highest BCUT2D eigenvalue weighted by Gasteiger charge is 2.37. The van der Waals surface area contributed by atoms with Crippen molar-refractivity contribution in [3.8, 4) is 0 Å². The highest BCUT2D eigenvalue weighted by molar-refractivity contribution is 7.89. The summed E-state index contributed by atoms with van der Waals surface area (Å²) in [6.07, 6.45) is 1.29. The van der Waals surface area contributed by atoms with Gasteiger partial charge in [0, 0.05) is 19.1 Å². The van der Waals surface area contributed by atoms with E-state index in [0.29, 0.717) is 25.5 Å². The van der Waals surface area contributed by atoms with Crippen LogP contribution in [0.1, 0.15) is 12.8 Å². The van der Waals surface area contributed by atoms with Gasteiger partial charge in [0.25, 0.3) is 0 Å². The SMILES string of the molecule is CNCC1CCCN1S(=O)(=O)c1ccc(F)c(F)c1F. The van der Waals surface area contributed by atoms with Gasteiger partial charge in [-0.15, -0.1) is 0 Å². The summed E-state index contributed by atoms with van der Waals surface area (Å²) in [5.41, 5.74) is 0. The van der Waals surface area contributed by atoms with E-state index in [0.717, 1.165) is 10.4 Å². The largest absolute Gasteiger partial charge is 0.318 e. The minimum atomic E-state index is -4.17. The first-order chi connectivity index (χ1) is 9.39. The van der Waals surface area contributed by atoms with E-state index in [-0.39, 0.29) is 12.6 Å². The van der Waals surface area contributed by atoms with Gasteiger partial charge in [0.05, 0.1) is 0 Å². The van der Waals surface area contributed by atoms with Crippen LogP contribution < -0.4 is 5.32 Å². The molecule has 1 aromatic carbocycles. The number of rotatable bonds is 4. The average Bonchev–Trinajstić information content (AvgIpc) is 2.85. The molecule has 1 fully saturated rings. The van der Waals surface area contributed by atoms with Crippen molar-refractivity contribution in [3.63, 3.8) is 0 Å². The standard InChI is InChI=1S/C12H15F3N2O2S/c1-16-7-8-3-2-6-17(8)20(18,19)10-5-4-9(13)11(14)12(10)15/h4-5,8,16H,2-3,6-7H2,1H3. The van der Waals surface area contributed by atoms with E-state index in [9.17, 15) is 21.6 Å². The van der Waals surface area contributed by atoms with Crippen LogP contribution >= 0.6 is 0 Å². The van der Waals surface area contributed by atoms with Crippen LogP contribution in [0.3, 0.4) is 0 Å². The van der Waals surface area contributed by atoms with Crippen molar-refractivity contribution >= 4 is 10.0 Å². The van der Waals surface area contributed by atoms with Crippen LogP contribution in [-0.2, 0) is 10.0 Å². The van der Waals surface area contributed by atoms with E-state index < -0.39 is 32.4 Å². The molecule has 1 saturated heterocycles. The Morgan fingerprint density at radius 1 is 1.30 bits per heavy atom. The lowest BCUT2D eigenvalue weighted by Gasteiger charge is -2.24. The van der Waals surface area contributed by atoms with Crippen molar-refractivity contribution in [1.29, 1.82) is 0 Å². The zero-order valence-corrected chi connectivity index (χ0v) is 11.7. The number of nitrogens with one attached hydrogen (secondary N) is 1. The maximum atomic E-state index is 13.7. The molecular weight excluding hydrogens is 293 g/mol. The third kappa shape index (κ3) is 2.55. The average molecular weight is 308 g/mol. The van der Waals surface area contributed by atoms with Crippen LogP contribution in [-0.4, -0.2) is 38.9 Å². The van der Waals surface area contributed by atoms with Gasteiger partial charge >= 0.3 is 0 Å². The molecule has 0 saturated carbocycles. The first-order valence-corrected chi connectivity index (χ1v) is 7.63. The lowest BCUT2D eigenvalue weighted by molar-refractivity contribution is 0.372. The van der Waals surface area contributed by atoms with Crippen LogP contribution in [0, 0.1) is 17.5 Å². The normalized spacial score (nSPS) is 20.5. The Kier molecular flexibility index (Phi) is 4.36. The summed E-state index contributed by atoms with van der Waals surface area (Å²) in [6, 6.07) is 1.07. The first kappa shape index (κ1) is 15.3. The molecule has 1 unspecified atom stereocenters. The predicted octanol–water partition coefficient (Wildman–Crippen LogP) is 1.48. The third-order valence-corrected chi connectivity index (χ3v) is 5.32. The van der Waals surface area contributed by atoms with Gasteiger partial charge in [-0.2, -0.15) is 4.31 Å². The summed E-state index contributed by atoms with van der Waals surface area (Å²) in [6.45, 7) is 0.664. The maximum absolute atomic E-state index is 13.7. The summed E-state index contributed by atoms with van der Waals surface area (Å²) >= 11 is 0. The minimum absolute atomic E-state index is 0.243. The van der Waals surface area contributed by atoms with Crippen LogP contribution in [0.15, 0.2) is 17.0 Å². The number of hydrogen-bond donors (Lipinski definition) is 1. The highest BCUT2D eigenvalue weighted by Crippen LogP contribution is 2.28. The molecule has 1 aromatic rings. The summed E-state index contributed by atoms with van der Waals surface area (Å²) in [7, 11) is -2.49. The van der Waals surface area contributed by atoms with Gasteiger partial charge in [0.2, 0.25) is 10.0 Å². The molecule has 0 bridgehead atoms. The van der Waals surface area contributed by atoms with Crippen molar-refractivity contribution < 1.29 is 21.6 Å². The van der Waals surface area contributed by atoms with Crippen molar-refractivity contribution in [2.45, 2.75) is 23.8 Å². The number of benzene rings is 1. The van der Waals surface area contributed by atoms with Gasteiger partial charge in [-0.1, -0.05) is 0 Å². The number of halogens is 3. The molecule has 0 aromatic heterocycles. The lowest BCUT2D eigenvalue weighted by atomic mass is 10.2. The fourth-order valence-electron chi connectivity index (χ4n) is 2.40. The summed E-state index contributed by atoms with van der Waals surface area (Å²) in [5.74, 6) is -4.84. The Hall–Kier alpha value is -1.12. The Balaban J connectivity index is 2.43. The lowest BCUT2D eigenvalue weighted by Crippen LogP contribution is -2.41. The second-order valence-electron chi connectivity index (χ2n) is 4.64. The van der Waals surface area contributed by atoms with E-state index in [1.807, 2.05) is 0 Å². The summed E-state index contributed by atoms with van der Waals surface area (Å²) in [5, 5.41) is 2.86. The predicted molar refractivity (Wildman–Crippen MR) is 67.2 cm³/mol. The van der Waals surface area contributed by atoms with Gasteiger partial charge in [0.15, 0.2) is 17.5 Å². The van der Waals surface area contributed by atoms with Crippen LogP contribution in [0.2, 0.25) is 0 Å². The topological polar surface area (TPSA) is 49.4 Å². The van der Waals surface area contributed by atoms with Crippen molar-refractivity contribution in [2.24, 2.45) is 0 Å². The number of likely N-dealkylation sites (N-methyl/N-ethyl adjacent to an activating group) is 1. The number of hydrogen-bond acceptors (Lipinski definition) is 3. The zero-order valence-electron chi connectivity index (χ0n) is 10.9. The van der Waals surface area contributed by atoms with Gasteiger partial charge in [-0.25, -0.2) is 21.6 Å². The summed E-state index contributed by atoms with van der Waals surface area (Å²) < 4.78 is 65.7. The molecule has 1 aliphatic rings. The Labute approximate surface area is 115 Å². The van der Waals surface area contributed by atoms with Gasteiger partial charge in [-0.3, -0.25) is 0 Å². The van der Waals surface area contributed by atoms with E-state index in [1.54, 1.807) is 7.05 Å². The smallest absolute Gasteiger partial charge is 0.246 e. The van der Waals surface area contributed by atoms with E-state index in [2.05, 4.69) is 5.32 Å². The molecule has 4 nitrogen and oxygen atoms in total. The maximum Gasteiger partial charge on any atom is 0.246 e. The molecule has 0 radical (unpaired) electrons. The zero-order chi connectivity index (χ0) is 14.9. The monoisotopic (exact) mass is 308 g/mol. The minimum Gasteiger partial charge on any atom is -0.318 e. The molecule has 1 N–H and O–H groups in total. The quantitative estimate of drug-likeness (QED) is 0.857. The van der Waals surface area contributed by atoms with E-state index >= 15 is 0 Å². The Bertz CT molecular complexity index is 607. The molecular formula is C12H15F3N2O2S. The second kappa shape index (κ2) is 5.71. The molecule has 112 valence electrons. The van der Waals surface area contributed by atoms with Crippen LogP contribution in [0.25, 0.3) is 0 Å². The third-order valence-electron chi connectivity index (χ3n) is 3.35. The number of nitrogens with zero attached hydrogens (tertiary/aromatic N) is 1. The molecule has 0 amide bonds. The molecule has 20 heavy (non-hydrogen) atoms. The fraction of sp³-hybridized carbons (Fsp3) is 0.500. The second-order valence-corrected chi connectivity index (χ2v) is 6.50. The van der Waals surface area contributed by atoms with Crippen LogP contribution in [0.4, 0.5) is 13.2 Å². The van der Waals surface area contributed by atoms with E-state index in [1.165, 1.54) is 0 Å². The van der Waals surface area contributed by atoms with Gasteiger partial charge in [0.1, 0.15) is 4.90 Å². The van der Waals surface area contributed by atoms with Crippen molar-refractivity contribution in [3.05, 3.63) is 29.6 Å². The van der Waals surface area contributed by atoms with E-state index in [4.69, 9.17) is 0 Å². The highest BCUT2D eigenvalue weighted by atomic mass is 32.2. The molecule has 1 aliphatic heterocycles. The molecule has 2 rings (SSSR count). The Morgan fingerprint density at radius 2 is 2.00 bits per heavy atom. The first-order valence-electron chi connectivity index (χ1n) is 6.19. The molecule has 8 heteroatoms. The van der Waals surface area contributed by atoms with Gasteiger partial charge in [-0.05, 0) is 32.0 Å². The molecule has 0 aliphatic carbocycles. The molecule has 0 spiro atoms.